The van der Waals surface area contributed by atoms with Crippen molar-refractivity contribution < 1.29 is 14.3 Å². The molecule has 0 spiro atoms. The summed E-state index contributed by atoms with van der Waals surface area (Å²) in [5.74, 6) is 1.22. The van der Waals surface area contributed by atoms with E-state index in [4.69, 9.17) is 4.74 Å². The topological polar surface area (TPSA) is 55.4 Å². The third-order valence-electron chi connectivity index (χ3n) is 4.07. The van der Waals surface area contributed by atoms with Crippen LogP contribution in [0.4, 0.5) is 0 Å². The van der Waals surface area contributed by atoms with Gasteiger partial charge in [-0.3, -0.25) is 9.59 Å². The van der Waals surface area contributed by atoms with Crippen LogP contribution in [0.1, 0.15) is 47.0 Å². The summed E-state index contributed by atoms with van der Waals surface area (Å²) in [7, 11) is 0. The van der Waals surface area contributed by atoms with Crippen LogP contribution in [0.25, 0.3) is 0 Å². The fraction of sp³-hybridized carbons (Fsp3) is 0.867. The van der Waals surface area contributed by atoms with Crippen molar-refractivity contribution in [3.05, 3.63) is 0 Å². The molecule has 1 rings (SSSR count). The number of amides is 1. The summed E-state index contributed by atoms with van der Waals surface area (Å²) in [4.78, 5) is 23.5. The lowest BCUT2D eigenvalue weighted by atomic mass is 9.70. The van der Waals surface area contributed by atoms with E-state index in [1.54, 1.807) is 6.92 Å². The number of carbonyl (C=O) groups is 2. The summed E-state index contributed by atoms with van der Waals surface area (Å²) in [6, 6.07) is 0. The van der Waals surface area contributed by atoms with Crippen molar-refractivity contribution in [3.63, 3.8) is 0 Å². The zero-order valence-electron chi connectivity index (χ0n) is 12.6. The average Bonchev–Trinajstić information content (AvgIpc) is 2.35. The lowest BCUT2D eigenvalue weighted by Crippen LogP contribution is -2.42. The minimum atomic E-state index is -0.360. The summed E-state index contributed by atoms with van der Waals surface area (Å²) < 4.78 is 4.82. The van der Waals surface area contributed by atoms with Crippen LogP contribution in [0.3, 0.4) is 0 Å². The van der Waals surface area contributed by atoms with Crippen LogP contribution < -0.4 is 5.32 Å². The molecule has 1 aliphatic carbocycles. The van der Waals surface area contributed by atoms with E-state index in [0.717, 1.165) is 12.8 Å². The summed E-state index contributed by atoms with van der Waals surface area (Å²) in [5.41, 5.74) is 0. The fourth-order valence-corrected chi connectivity index (χ4v) is 3.01. The highest BCUT2D eigenvalue weighted by Crippen LogP contribution is 2.37. The molecule has 1 saturated carbocycles. The third kappa shape index (κ3) is 4.84. The standard InChI is InChI=1S/C15H27NO3/c1-5-19-14(17)9-16-15(18)13-8-11(4)6-7-12(13)10(2)3/h10-13H,5-9H2,1-4H3,(H,16,18)/t11?,12-,13?/m0/s1. The second-order valence-corrected chi connectivity index (χ2v) is 5.96. The summed E-state index contributed by atoms with van der Waals surface area (Å²) in [5, 5.41) is 2.73. The van der Waals surface area contributed by atoms with Crippen LogP contribution in [0.5, 0.6) is 0 Å². The van der Waals surface area contributed by atoms with Crippen molar-refractivity contribution in [2.24, 2.45) is 23.7 Å². The van der Waals surface area contributed by atoms with Crippen LogP contribution in [0.15, 0.2) is 0 Å². The molecule has 1 amide bonds. The molecule has 0 heterocycles. The van der Waals surface area contributed by atoms with Gasteiger partial charge in [0.2, 0.25) is 5.91 Å². The van der Waals surface area contributed by atoms with Gasteiger partial charge in [-0.15, -0.1) is 0 Å². The van der Waals surface area contributed by atoms with Gasteiger partial charge in [0.25, 0.3) is 0 Å². The van der Waals surface area contributed by atoms with Crippen LogP contribution in [0, 0.1) is 23.7 Å². The normalized spacial score (nSPS) is 27.1. The molecule has 19 heavy (non-hydrogen) atoms. The Balaban J connectivity index is 2.53. The monoisotopic (exact) mass is 269 g/mol. The minimum Gasteiger partial charge on any atom is -0.465 e. The van der Waals surface area contributed by atoms with Gasteiger partial charge in [-0.25, -0.2) is 0 Å². The number of hydrogen-bond donors (Lipinski definition) is 1. The average molecular weight is 269 g/mol. The van der Waals surface area contributed by atoms with Crippen molar-refractivity contribution in [2.45, 2.75) is 47.0 Å². The highest BCUT2D eigenvalue weighted by molar-refractivity contribution is 5.83. The zero-order chi connectivity index (χ0) is 14.4. The van der Waals surface area contributed by atoms with E-state index in [-0.39, 0.29) is 24.3 Å². The van der Waals surface area contributed by atoms with Gasteiger partial charge in [0.15, 0.2) is 0 Å². The predicted octanol–water partition coefficient (Wildman–Crippen LogP) is 2.37. The van der Waals surface area contributed by atoms with E-state index < -0.39 is 0 Å². The lowest BCUT2D eigenvalue weighted by molar-refractivity contribution is -0.144. The summed E-state index contributed by atoms with van der Waals surface area (Å²) in [6.07, 6.45) is 3.23. The van der Waals surface area contributed by atoms with Gasteiger partial charge in [-0.2, -0.15) is 0 Å². The molecular weight excluding hydrogens is 242 g/mol. The van der Waals surface area contributed by atoms with Gasteiger partial charge in [-0.1, -0.05) is 27.2 Å². The number of nitrogens with one attached hydrogen (secondary N) is 1. The minimum absolute atomic E-state index is 0.0115. The Bertz CT molecular complexity index is 315. The molecule has 0 bridgehead atoms. The molecule has 110 valence electrons. The van der Waals surface area contributed by atoms with Gasteiger partial charge in [0.1, 0.15) is 6.54 Å². The Morgan fingerprint density at radius 2 is 2.00 bits per heavy atom. The quantitative estimate of drug-likeness (QED) is 0.780. The van der Waals surface area contributed by atoms with E-state index in [2.05, 4.69) is 26.1 Å². The molecule has 0 saturated heterocycles. The Labute approximate surface area is 116 Å². The van der Waals surface area contributed by atoms with Crippen molar-refractivity contribution in [3.8, 4) is 0 Å². The van der Waals surface area contributed by atoms with E-state index in [1.165, 1.54) is 6.42 Å². The van der Waals surface area contributed by atoms with Crippen LogP contribution >= 0.6 is 0 Å². The highest BCUT2D eigenvalue weighted by atomic mass is 16.5. The number of esters is 1. The zero-order valence-corrected chi connectivity index (χ0v) is 12.6. The van der Waals surface area contributed by atoms with Crippen molar-refractivity contribution in [1.29, 1.82) is 0 Å². The highest BCUT2D eigenvalue weighted by Gasteiger charge is 2.35. The number of carbonyl (C=O) groups excluding carboxylic acids is 2. The molecule has 4 nitrogen and oxygen atoms in total. The Kier molecular flexibility index (Phi) is 6.32. The number of rotatable bonds is 5. The third-order valence-corrected chi connectivity index (χ3v) is 4.07. The molecule has 0 aromatic rings. The summed E-state index contributed by atoms with van der Waals surface area (Å²) >= 11 is 0. The van der Waals surface area contributed by atoms with E-state index in [0.29, 0.717) is 24.4 Å². The van der Waals surface area contributed by atoms with Crippen LogP contribution in [-0.2, 0) is 14.3 Å². The maximum absolute atomic E-state index is 12.2. The van der Waals surface area contributed by atoms with Gasteiger partial charge in [-0.05, 0) is 37.5 Å². The van der Waals surface area contributed by atoms with Gasteiger partial charge in [0, 0.05) is 5.92 Å². The Morgan fingerprint density at radius 3 is 2.58 bits per heavy atom. The molecule has 3 atom stereocenters. The first-order valence-corrected chi connectivity index (χ1v) is 7.39. The first-order valence-electron chi connectivity index (χ1n) is 7.39. The second-order valence-electron chi connectivity index (χ2n) is 5.96. The molecular formula is C15H27NO3. The second kappa shape index (κ2) is 7.51. The molecule has 0 aromatic carbocycles. The van der Waals surface area contributed by atoms with Crippen molar-refractivity contribution in [2.75, 3.05) is 13.2 Å². The molecule has 0 aliphatic heterocycles. The van der Waals surface area contributed by atoms with Gasteiger partial charge >= 0.3 is 5.97 Å². The Morgan fingerprint density at radius 1 is 1.32 bits per heavy atom. The van der Waals surface area contributed by atoms with E-state index in [1.807, 2.05) is 0 Å². The van der Waals surface area contributed by atoms with Crippen molar-refractivity contribution >= 4 is 11.9 Å². The van der Waals surface area contributed by atoms with Gasteiger partial charge in [0.05, 0.1) is 6.61 Å². The smallest absolute Gasteiger partial charge is 0.325 e. The van der Waals surface area contributed by atoms with Crippen molar-refractivity contribution in [1.82, 2.24) is 5.32 Å². The molecule has 1 N–H and O–H groups in total. The van der Waals surface area contributed by atoms with Crippen LogP contribution in [0.2, 0.25) is 0 Å². The molecule has 0 radical (unpaired) electrons. The fourth-order valence-electron chi connectivity index (χ4n) is 3.01. The predicted molar refractivity (Wildman–Crippen MR) is 74.5 cm³/mol. The molecule has 1 fully saturated rings. The van der Waals surface area contributed by atoms with Gasteiger partial charge < -0.3 is 10.1 Å². The largest absolute Gasteiger partial charge is 0.465 e. The first kappa shape index (κ1) is 16.0. The molecule has 1 aliphatic rings. The number of hydrogen-bond acceptors (Lipinski definition) is 3. The first-order chi connectivity index (χ1) is 8.95. The maximum atomic E-state index is 12.2. The Hall–Kier alpha value is -1.06. The van der Waals surface area contributed by atoms with E-state index >= 15 is 0 Å². The maximum Gasteiger partial charge on any atom is 0.325 e. The van der Waals surface area contributed by atoms with E-state index in [9.17, 15) is 9.59 Å². The lowest BCUT2D eigenvalue weighted by Gasteiger charge is -2.36. The molecule has 2 unspecified atom stereocenters. The van der Waals surface area contributed by atoms with Crippen LogP contribution in [-0.4, -0.2) is 25.0 Å². The SMILES string of the molecule is CCOC(=O)CNC(=O)C1CC(C)CC[C@H]1C(C)C. The summed E-state index contributed by atoms with van der Waals surface area (Å²) in [6.45, 7) is 8.64. The number of ether oxygens (including phenoxy) is 1. The molecule has 4 heteroatoms. The molecule has 0 aromatic heterocycles.